The first-order valence-corrected chi connectivity index (χ1v) is 4.90. The minimum atomic E-state index is -0.582. The summed E-state index contributed by atoms with van der Waals surface area (Å²) in [7, 11) is 0. The lowest BCUT2D eigenvalue weighted by Gasteiger charge is -2.15. The number of fused-ring (bicyclic) bond motifs is 1. The first-order valence-electron chi connectivity index (χ1n) is 4.90. The molecule has 5 nitrogen and oxygen atoms in total. The number of benzene rings is 1. The summed E-state index contributed by atoms with van der Waals surface area (Å²) in [6, 6.07) is 5.23. The van der Waals surface area contributed by atoms with E-state index in [9.17, 15) is 4.79 Å². The number of hydrogen-bond acceptors (Lipinski definition) is 3. The summed E-state index contributed by atoms with van der Waals surface area (Å²) in [5.74, 6) is -0.00268. The van der Waals surface area contributed by atoms with Crippen LogP contribution in [-0.4, -0.2) is 17.0 Å². The molecule has 0 aromatic heterocycles. The van der Waals surface area contributed by atoms with Crippen molar-refractivity contribution in [2.24, 2.45) is 10.9 Å². The fourth-order valence-electron chi connectivity index (χ4n) is 1.79. The van der Waals surface area contributed by atoms with Gasteiger partial charge in [0.2, 0.25) is 5.91 Å². The van der Waals surface area contributed by atoms with Crippen LogP contribution in [0.25, 0.3) is 0 Å². The summed E-state index contributed by atoms with van der Waals surface area (Å²) in [6.07, 6.45) is 0. The SMILES string of the molecule is CC1(C)C(=O)Nc2ccc(/C(N)=N/O)cc21. The number of rotatable bonds is 1. The van der Waals surface area contributed by atoms with Crippen LogP contribution in [0.3, 0.4) is 0 Å². The number of oxime groups is 1. The Morgan fingerprint density at radius 2 is 2.19 bits per heavy atom. The third kappa shape index (κ3) is 1.32. The Labute approximate surface area is 92.9 Å². The predicted molar refractivity (Wildman–Crippen MR) is 60.6 cm³/mol. The van der Waals surface area contributed by atoms with Crippen molar-refractivity contribution in [2.45, 2.75) is 19.3 Å². The average molecular weight is 219 g/mol. The van der Waals surface area contributed by atoms with E-state index in [0.29, 0.717) is 5.56 Å². The van der Waals surface area contributed by atoms with Crippen molar-refractivity contribution in [2.75, 3.05) is 5.32 Å². The summed E-state index contributed by atoms with van der Waals surface area (Å²) in [5.41, 5.74) is 7.17. The maximum atomic E-state index is 11.7. The van der Waals surface area contributed by atoms with Gasteiger partial charge in [0.15, 0.2) is 5.84 Å². The molecule has 1 heterocycles. The normalized spacial score (nSPS) is 18.1. The third-order valence-electron chi connectivity index (χ3n) is 2.91. The molecule has 0 saturated heterocycles. The monoisotopic (exact) mass is 219 g/mol. The Morgan fingerprint density at radius 1 is 1.50 bits per heavy atom. The molecule has 0 radical (unpaired) electrons. The number of nitrogens with zero attached hydrogens (tertiary/aromatic N) is 1. The van der Waals surface area contributed by atoms with Crippen molar-refractivity contribution in [3.63, 3.8) is 0 Å². The van der Waals surface area contributed by atoms with Crippen molar-refractivity contribution in [3.8, 4) is 0 Å². The Kier molecular flexibility index (Phi) is 2.11. The predicted octanol–water partition coefficient (Wildman–Crippen LogP) is 1.01. The van der Waals surface area contributed by atoms with Gasteiger partial charge in [-0.3, -0.25) is 4.79 Å². The van der Waals surface area contributed by atoms with E-state index < -0.39 is 5.41 Å². The number of anilines is 1. The van der Waals surface area contributed by atoms with E-state index in [4.69, 9.17) is 10.9 Å². The van der Waals surface area contributed by atoms with E-state index in [0.717, 1.165) is 11.3 Å². The van der Waals surface area contributed by atoms with E-state index in [1.807, 2.05) is 13.8 Å². The summed E-state index contributed by atoms with van der Waals surface area (Å²) in [4.78, 5) is 11.7. The summed E-state index contributed by atoms with van der Waals surface area (Å²) < 4.78 is 0. The number of carbonyl (C=O) groups is 1. The van der Waals surface area contributed by atoms with Gasteiger partial charge in [-0.1, -0.05) is 5.16 Å². The molecule has 0 aliphatic carbocycles. The van der Waals surface area contributed by atoms with Gasteiger partial charge in [0.05, 0.1) is 5.41 Å². The zero-order valence-electron chi connectivity index (χ0n) is 9.11. The smallest absolute Gasteiger partial charge is 0.234 e. The Balaban J connectivity index is 2.57. The van der Waals surface area contributed by atoms with Crippen LogP contribution in [0.2, 0.25) is 0 Å². The maximum absolute atomic E-state index is 11.7. The van der Waals surface area contributed by atoms with Gasteiger partial charge in [-0.05, 0) is 37.6 Å². The second-order valence-corrected chi connectivity index (χ2v) is 4.32. The molecule has 4 N–H and O–H groups in total. The molecule has 5 heteroatoms. The molecule has 0 unspecified atom stereocenters. The molecule has 1 aliphatic rings. The van der Waals surface area contributed by atoms with Crippen molar-refractivity contribution in [3.05, 3.63) is 29.3 Å². The molecule has 1 aromatic rings. The van der Waals surface area contributed by atoms with Gasteiger partial charge in [0.25, 0.3) is 0 Å². The van der Waals surface area contributed by atoms with Crippen LogP contribution in [0.15, 0.2) is 23.4 Å². The highest BCUT2D eigenvalue weighted by molar-refractivity contribution is 6.07. The lowest BCUT2D eigenvalue weighted by molar-refractivity contribution is -0.119. The van der Waals surface area contributed by atoms with E-state index in [1.165, 1.54) is 0 Å². The summed E-state index contributed by atoms with van der Waals surface area (Å²) in [5, 5.41) is 14.3. The molecule has 1 aromatic carbocycles. The fourth-order valence-corrected chi connectivity index (χ4v) is 1.79. The van der Waals surface area contributed by atoms with Crippen LogP contribution >= 0.6 is 0 Å². The van der Waals surface area contributed by atoms with Crippen LogP contribution in [0, 0.1) is 0 Å². The van der Waals surface area contributed by atoms with Crippen LogP contribution in [0.5, 0.6) is 0 Å². The molecule has 0 bridgehead atoms. The van der Waals surface area contributed by atoms with Crippen molar-refractivity contribution in [1.29, 1.82) is 0 Å². The first kappa shape index (κ1) is 10.5. The van der Waals surface area contributed by atoms with Gasteiger partial charge in [0, 0.05) is 11.3 Å². The third-order valence-corrected chi connectivity index (χ3v) is 2.91. The van der Waals surface area contributed by atoms with Crippen molar-refractivity contribution in [1.82, 2.24) is 0 Å². The van der Waals surface area contributed by atoms with Gasteiger partial charge in [-0.15, -0.1) is 0 Å². The number of nitrogens with two attached hydrogens (primary N) is 1. The minimum absolute atomic E-state index is 0.0398. The van der Waals surface area contributed by atoms with Crippen molar-refractivity contribution >= 4 is 17.4 Å². The molecule has 2 rings (SSSR count). The first-order chi connectivity index (χ1) is 7.46. The second kappa shape index (κ2) is 3.23. The average Bonchev–Trinajstić information content (AvgIpc) is 2.49. The number of amidine groups is 1. The van der Waals surface area contributed by atoms with Crippen molar-refractivity contribution < 1.29 is 10.0 Å². The quantitative estimate of drug-likeness (QED) is 0.285. The van der Waals surface area contributed by atoms with Gasteiger partial charge >= 0.3 is 0 Å². The largest absolute Gasteiger partial charge is 0.409 e. The van der Waals surface area contributed by atoms with Crippen LogP contribution in [0.1, 0.15) is 25.0 Å². The highest BCUT2D eigenvalue weighted by atomic mass is 16.4. The number of hydrogen-bond donors (Lipinski definition) is 3. The molecule has 0 fully saturated rings. The lowest BCUT2D eigenvalue weighted by atomic mass is 9.85. The highest BCUT2D eigenvalue weighted by Gasteiger charge is 2.38. The molecule has 84 valence electrons. The molecule has 0 spiro atoms. The topological polar surface area (TPSA) is 87.7 Å². The van der Waals surface area contributed by atoms with Crippen LogP contribution < -0.4 is 11.1 Å². The molecule has 0 atom stereocenters. The second-order valence-electron chi connectivity index (χ2n) is 4.32. The van der Waals surface area contributed by atoms with Crippen LogP contribution in [-0.2, 0) is 10.2 Å². The maximum Gasteiger partial charge on any atom is 0.234 e. The molecule has 1 amide bonds. The van der Waals surface area contributed by atoms with E-state index in [2.05, 4.69) is 10.5 Å². The minimum Gasteiger partial charge on any atom is -0.409 e. The Hall–Kier alpha value is -2.04. The van der Waals surface area contributed by atoms with E-state index in [1.54, 1.807) is 18.2 Å². The zero-order valence-corrected chi connectivity index (χ0v) is 9.11. The van der Waals surface area contributed by atoms with E-state index >= 15 is 0 Å². The Bertz CT molecular complexity index is 492. The highest BCUT2D eigenvalue weighted by Crippen LogP contribution is 2.37. The molecular formula is C11H13N3O2. The Morgan fingerprint density at radius 3 is 2.81 bits per heavy atom. The van der Waals surface area contributed by atoms with Gasteiger partial charge in [-0.2, -0.15) is 0 Å². The number of nitrogens with one attached hydrogen (secondary N) is 1. The fraction of sp³-hybridized carbons (Fsp3) is 0.273. The van der Waals surface area contributed by atoms with Gasteiger partial charge < -0.3 is 16.3 Å². The van der Waals surface area contributed by atoms with E-state index in [-0.39, 0.29) is 11.7 Å². The summed E-state index contributed by atoms with van der Waals surface area (Å²) in [6.45, 7) is 3.68. The van der Waals surface area contributed by atoms with Crippen LogP contribution in [0.4, 0.5) is 5.69 Å². The number of amides is 1. The standard InChI is InChI=1S/C11H13N3O2/c1-11(2)7-5-6(9(12)14-16)3-4-8(7)13-10(11)15/h3-5,16H,1-2H3,(H2,12,14)(H,13,15). The summed E-state index contributed by atoms with van der Waals surface area (Å²) >= 11 is 0. The molecule has 16 heavy (non-hydrogen) atoms. The number of carbonyl (C=O) groups excluding carboxylic acids is 1. The zero-order chi connectivity index (χ0) is 11.9. The molecule has 1 aliphatic heterocycles. The van der Waals surface area contributed by atoms with Gasteiger partial charge in [-0.25, -0.2) is 0 Å². The van der Waals surface area contributed by atoms with Gasteiger partial charge in [0.1, 0.15) is 0 Å². The lowest BCUT2D eigenvalue weighted by Crippen LogP contribution is -2.27. The molecule has 0 saturated carbocycles. The molecular weight excluding hydrogens is 206 g/mol.